The number of aromatic amines is 2. The van der Waals surface area contributed by atoms with Crippen molar-refractivity contribution in [2.75, 3.05) is 5.32 Å². The van der Waals surface area contributed by atoms with E-state index in [-0.39, 0.29) is 5.91 Å². The highest BCUT2D eigenvalue weighted by molar-refractivity contribution is 7.71. The summed E-state index contributed by atoms with van der Waals surface area (Å²) in [7, 11) is 0. The number of nitrogens with one attached hydrogen (secondary N) is 3. The van der Waals surface area contributed by atoms with Crippen LogP contribution in [-0.4, -0.2) is 40.9 Å². The molecule has 0 bridgehead atoms. The summed E-state index contributed by atoms with van der Waals surface area (Å²) in [4.78, 5) is 11.9. The number of tetrazole rings is 1. The zero-order chi connectivity index (χ0) is 23.6. The smallest absolute Gasteiger partial charge is 0.242 e. The molecule has 2 heterocycles. The number of carbonyl (C=O) groups excluding carboxylic acids is 1. The first-order valence-electron chi connectivity index (χ1n) is 10.6. The fourth-order valence-corrected chi connectivity index (χ4v) is 3.48. The Morgan fingerprint density at radius 3 is 2.48 bits per heavy atom. The molecule has 0 aliphatic carbocycles. The largest absolute Gasteiger partial charge is 0.294 e. The molecule has 2 aromatic heterocycles. The van der Waals surface area contributed by atoms with Crippen molar-refractivity contribution in [1.29, 1.82) is 0 Å². The van der Waals surface area contributed by atoms with E-state index in [0.717, 1.165) is 30.6 Å². The molecule has 9 nitrogen and oxygen atoms in total. The Morgan fingerprint density at radius 2 is 1.82 bits per heavy atom. The third-order valence-corrected chi connectivity index (χ3v) is 5.21. The van der Waals surface area contributed by atoms with Gasteiger partial charge in [-0.25, -0.2) is 9.78 Å². The van der Waals surface area contributed by atoms with E-state index in [1.165, 1.54) is 5.56 Å². The van der Waals surface area contributed by atoms with Crippen LogP contribution in [0.1, 0.15) is 38.2 Å². The van der Waals surface area contributed by atoms with Crippen LogP contribution < -0.4 is 5.32 Å². The molecule has 4 aromatic rings. The highest BCUT2D eigenvalue weighted by Gasteiger charge is 2.11. The van der Waals surface area contributed by atoms with Crippen LogP contribution in [0, 0.1) is 16.5 Å². The van der Waals surface area contributed by atoms with E-state index in [1.807, 2.05) is 61.5 Å². The maximum atomic E-state index is 11.9. The Kier molecular flexibility index (Phi) is 8.79. The first-order valence-corrected chi connectivity index (χ1v) is 11.4. The quantitative estimate of drug-likeness (QED) is 0.250. The number of hydrogen-bond acceptors (Lipinski definition) is 6. The van der Waals surface area contributed by atoms with Crippen molar-refractivity contribution in [3.63, 3.8) is 0 Å². The minimum Gasteiger partial charge on any atom is -0.294 e. The van der Waals surface area contributed by atoms with Crippen LogP contribution in [-0.2, 0) is 4.79 Å². The van der Waals surface area contributed by atoms with Crippen molar-refractivity contribution in [2.45, 2.75) is 39.5 Å². The van der Waals surface area contributed by atoms with Crippen molar-refractivity contribution in [3.05, 3.63) is 69.7 Å². The molecule has 0 spiro atoms. The number of aryl methyl sites for hydroxylation is 1. The number of para-hydroxylation sites is 1. The van der Waals surface area contributed by atoms with E-state index < -0.39 is 0 Å². The van der Waals surface area contributed by atoms with Gasteiger partial charge < -0.3 is 0 Å². The minimum absolute atomic E-state index is 0.0374. The molecular weight excluding hydrogens is 456 g/mol. The van der Waals surface area contributed by atoms with Crippen molar-refractivity contribution >= 4 is 36.3 Å². The lowest BCUT2D eigenvalue weighted by Gasteiger charge is -2.07. The Balaban J connectivity index is 0.000000203. The lowest BCUT2D eigenvalue weighted by molar-refractivity contribution is -0.116. The third kappa shape index (κ3) is 6.77. The van der Waals surface area contributed by atoms with Crippen LogP contribution in [0.5, 0.6) is 0 Å². The van der Waals surface area contributed by atoms with Gasteiger partial charge in [-0.2, -0.15) is 5.21 Å². The summed E-state index contributed by atoms with van der Waals surface area (Å²) in [5, 5.41) is 19.6. The molecule has 0 aliphatic heterocycles. The topological polar surface area (TPSA) is 109 Å². The van der Waals surface area contributed by atoms with Crippen LogP contribution in [0.25, 0.3) is 11.4 Å². The molecule has 172 valence electrons. The zero-order valence-corrected chi connectivity index (χ0v) is 20.1. The summed E-state index contributed by atoms with van der Waals surface area (Å²) >= 11 is 10.2. The van der Waals surface area contributed by atoms with E-state index in [9.17, 15) is 4.79 Å². The van der Waals surface area contributed by atoms with Gasteiger partial charge in [-0.3, -0.25) is 14.7 Å². The zero-order valence-electron chi connectivity index (χ0n) is 18.5. The second kappa shape index (κ2) is 12.0. The number of benzene rings is 2. The van der Waals surface area contributed by atoms with Gasteiger partial charge in [-0.05, 0) is 67.6 Å². The van der Waals surface area contributed by atoms with Gasteiger partial charge in [0.1, 0.15) is 0 Å². The number of H-pyrrole nitrogens is 2. The van der Waals surface area contributed by atoms with Gasteiger partial charge in [0.15, 0.2) is 0 Å². The van der Waals surface area contributed by atoms with E-state index in [4.69, 9.17) is 24.4 Å². The number of rotatable bonds is 7. The monoisotopic (exact) mass is 482 g/mol. The molecule has 0 fully saturated rings. The number of amides is 1. The second-order valence-corrected chi connectivity index (χ2v) is 8.04. The number of hydrogen-bond donors (Lipinski definition) is 3. The lowest BCUT2D eigenvalue weighted by Crippen LogP contribution is -2.15. The normalized spacial score (nSPS) is 10.4. The van der Waals surface area contributed by atoms with E-state index >= 15 is 0 Å². The highest BCUT2D eigenvalue weighted by Crippen LogP contribution is 2.14. The predicted molar refractivity (Wildman–Crippen MR) is 133 cm³/mol. The standard InChI is InChI=1S/C14H18N4OS.C8H8N4S/c1-2-3-5-10-12(19)15-13-16-17-14(20)18(13)11-8-6-4-7-9-11;1-6-3-2-4-7(5-6)12-8(13)9-10-11-12/h4,6-9H,2-3,5,10H2,1H3,(H,17,20)(H,15,16,19);2-5H,1H3,(H,9,11,13). The Hall–Kier alpha value is -3.44. The lowest BCUT2D eigenvalue weighted by atomic mass is 10.2. The number of unbranched alkanes of at least 4 members (excludes halogenated alkanes) is 2. The molecule has 0 saturated carbocycles. The predicted octanol–water partition coefficient (Wildman–Crippen LogP) is 5.08. The molecule has 2 aromatic carbocycles. The first kappa shape index (κ1) is 24.2. The average molecular weight is 483 g/mol. The van der Waals surface area contributed by atoms with E-state index in [2.05, 4.69) is 38.0 Å². The molecular formula is C22H26N8OS2. The summed E-state index contributed by atoms with van der Waals surface area (Å²) in [6.07, 6.45) is 3.54. The second-order valence-electron chi connectivity index (χ2n) is 7.29. The van der Waals surface area contributed by atoms with Crippen molar-refractivity contribution in [3.8, 4) is 11.4 Å². The average Bonchev–Trinajstić information content (AvgIpc) is 3.40. The molecule has 33 heavy (non-hydrogen) atoms. The van der Waals surface area contributed by atoms with Gasteiger partial charge in [0.25, 0.3) is 0 Å². The van der Waals surface area contributed by atoms with Gasteiger partial charge in [0, 0.05) is 6.42 Å². The third-order valence-electron chi connectivity index (χ3n) is 4.68. The van der Waals surface area contributed by atoms with Crippen LogP contribution >= 0.6 is 24.4 Å². The Bertz CT molecular complexity index is 1290. The Morgan fingerprint density at radius 1 is 1.06 bits per heavy atom. The Labute approximate surface area is 201 Å². The fraction of sp³-hybridized carbons (Fsp3) is 0.273. The minimum atomic E-state index is -0.0374. The maximum Gasteiger partial charge on any atom is 0.242 e. The molecule has 11 heteroatoms. The van der Waals surface area contributed by atoms with Crippen LogP contribution in [0.15, 0.2) is 54.6 Å². The molecule has 0 saturated heterocycles. The van der Waals surface area contributed by atoms with Gasteiger partial charge in [-0.1, -0.05) is 60.4 Å². The first-order chi connectivity index (χ1) is 16.0. The van der Waals surface area contributed by atoms with Gasteiger partial charge in [-0.15, -0.1) is 5.10 Å². The summed E-state index contributed by atoms with van der Waals surface area (Å²) < 4.78 is 4.26. The molecule has 0 atom stereocenters. The van der Waals surface area contributed by atoms with Crippen molar-refractivity contribution in [1.82, 2.24) is 35.0 Å². The summed E-state index contributed by atoms with van der Waals surface area (Å²) in [6, 6.07) is 17.5. The fourth-order valence-electron chi connectivity index (χ4n) is 3.05. The van der Waals surface area contributed by atoms with E-state index in [0.29, 0.717) is 21.9 Å². The summed E-state index contributed by atoms with van der Waals surface area (Å²) in [6.45, 7) is 4.13. The van der Waals surface area contributed by atoms with Crippen molar-refractivity contribution < 1.29 is 4.79 Å². The van der Waals surface area contributed by atoms with Crippen LogP contribution in [0.3, 0.4) is 0 Å². The highest BCUT2D eigenvalue weighted by atomic mass is 32.1. The van der Waals surface area contributed by atoms with Crippen LogP contribution in [0.2, 0.25) is 0 Å². The van der Waals surface area contributed by atoms with Gasteiger partial charge >= 0.3 is 0 Å². The maximum absolute atomic E-state index is 11.9. The molecule has 4 rings (SSSR count). The summed E-state index contributed by atoms with van der Waals surface area (Å²) in [5.74, 6) is 0.396. The SMILES string of the molecule is CCCCCC(=O)Nc1n[nH]c(=S)n1-c1ccccc1.Cc1cccc(-n2[nH]nnc2=S)c1. The molecule has 1 amide bonds. The number of carbonyl (C=O) groups is 1. The number of nitrogens with zero attached hydrogens (tertiary/aromatic N) is 5. The van der Waals surface area contributed by atoms with Gasteiger partial charge in [0.2, 0.25) is 21.4 Å². The van der Waals surface area contributed by atoms with Gasteiger partial charge in [0.05, 0.1) is 11.4 Å². The molecule has 3 N–H and O–H groups in total. The van der Waals surface area contributed by atoms with E-state index in [1.54, 1.807) is 9.25 Å². The summed E-state index contributed by atoms with van der Waals surface area (Å²) in [5.41, 5.74) is 3.00. The number of anilines is 1. The van der Waals surface area contributed by atoms with Crippen molar-refractivity contribution in [2.24, 2.45) is 0 Å². The molecule has 0 radical (unpaired) electrons. The number of aromatic nitrogens is 7. The van der Waals surface area contributed by atoms with Crippen LogP contribution in [0.4, 0.5) is 5.95 Å². The molecule has 0 unspecified atom stereocenters. The molecule has 0 aliphatic rings.